The molecule has 0 fully saturated rings. The zero-order valence-corrected chi connectivity index (χ0v) is 10.1. The van der Waals surface area contributed by atoms with Crippen LogP contribution >= 0.6 is 0 Å². The van der Waals surface area contributed by atoms with E-state index in [0.29, 0.717) is 0 Å². The molecule has 0 unspecified atom stereocenters. The maximum Gasteiger partial charge on any atom is 0.0381 e. The Hall–Kier alpha value is -0.860. The molecule has 0 aliphatic carbocycles. The number of unbranched alkanes of at least 4 members (excludes halogenated alkanes) is 1. The highest BCUT2D eigenvalue weighted by atomic mass is 15.5. The summed E-state index contributed by atoms with van der Waals surface area (Å²) in [7, 11) is 1.99. The smallest absolute Gasteiger partial charge is 0.0381 e. The summed E-state index contributed by atoms with van der Waals surface area (Å²) in [4.78, 5) is 0. The van der Waals surface area contributed by atoms with E-state index in [1.165, 1.54) is 24.0 Å². The lowest BCUT2D eigenvalue weighted by molar-refractivity contribution is 0.195. The average Bonchev–Trinajstić information content (AvgIpc) is 2.27. The molecule has 0 spiro atoms. The highest BCUT2D eigenvalue weighted by molar-refractivity contribution is 5.21. The highest BCUT2D eigenvalue weighted by Crippen LogP contribution is 2.06. The first-order valence-electron chi connectivity index (χ1n) is 5.74. The molecule has 0 saturated carbocycles. The average molecular weight is 206 g/mol. The number of aryl methyl sites for hydroxylation is 1. The van der Waals surface area contributed by atoms with Crippen LogP contribution < -0.4 is 5.43 Å². The fourth-order valence-electron chi connectivity index (χ4n) is 1.53. The molecule has 0 saturated heterocycles. The van der Waals surface area contributed by atoms with Crippen LogP contribution in [-0.4, -0.2) is 18.6 Å². The molecule has 0 amide bonds. The first kappa shape index (κ1) is 12.2. The predicted octanol–water partition coefficient (Wildman–Crippen LogP) is 2.73. The Morgan fingerprint density at radius 2 is 1.87 bits per heavy atom. The Labute approximate surface area is 93.3 Å². The Balaban J connectivity index is 2.47. The summed E-state index contributed by atoms with van der Waals surface area (Å²) < 4.78 is 0. The van der Waals surface area contributed by atoms with Gasteiger partial charge in [0.15, 0.2) is 0 Å². The Morgan fingerprint density at radius 1 is 1.20 bits per heavy atom. The van der Waals surface area contributed by atoms with E-state index in [9.17, 15) is 0 Å². The summed E-state index contributed by atoms with van der Waals surface area (Å²) in [5, 5.41) is 2.26. The zero-order valence-electron chi connectivity index (χ0n) is 10.1. The normalized spacial score (nSPS) is 10.9. The molecule has 1 N–H and O–H groups in total. The molecule has 15 heavy (non-hydrogen) atoms. The van der Waals surface area contributed by atoms with E-state index >= 15 is 0 Å². The van der Waals surface area contributed by atoms with Crippen molar-refractivity contribution >= 4 is 0 Å². The first-order valence-corrected chi connectivity index (χ1v) is 5.74. The summed E-state index contributed by atoms with van der Waals surface area (Å²) in [6, 6.07) is 8.74. The van der Waals surface area contributed by atoms with Crippen molar-refractivity contribution in [2.45, 2.75) is 33.2 Å². The molecule has 0 atom stereocenters. The molecule has 0 aliphatic rings. The van der Waals surface area contributed by atoms with Crippen LogP contribution in [0.3, 0.4) is 0 Å². The molecule has 0 aromatic heterocycles. The van der Waals surface area contributed by atoms with E-state index in [-0.39, 0.29) is 0 Å². The summed E-state index contributed by atoms with van der Waals surface area (Å²) in [5.41, 5.74) is 5.92. The molecule has 0 heterocycles. The summed E-state index contributed by atoms with van der Waals surface area (Å²) in [5.74, 6) is 0. The number of hydrogen-bond donors (Lipinski definition) is 1. The molecule has 1 aromatic carbocycles. The molecule has 2 heteroatoms. The largest absolute Gasteiger partial charge is 0.258 e. The summed E-state index contributed by atoms with van der Waals surface area (Å²) in [6.45, 7) is 6.44. The standard InChI is InChI=1S/C13H22N2/c1-4-5-10-15(14-3)11-13-8-6-12(2)7-9-13/h6-9,14H,4-5,10-11H2,1-3H3. The van der Waals surface area contributed by atoms with E-state index < -0.39 is 0 Å². The van der Waals surface area contributed by atoms with Crippen LogP contribution in [0, 0.1) is 6.92 Å². The van der Waals surface area contributed by atoms with Crippen molar-refractivity contribution in [1.29, 1.82) is 0 Å². The molecular formula is C13H22N2. The third kappa shape index (κ3) is 4.45. The zero-order chi connectivity index (χ0) is 11.1. The second kappa shape index (κ2) is 6.59. The molecule has 0 bridgehead atoms. The van der Waals surface area contributed by atoms with Crippen molar-refractivity contribution in [3.05, 3.63) is 35.4 Å². The van der Waals surface area contributed by atoms with Gasteiger partial charge in [-0.15, -0.1) is 0 Å². The SMILES string of the molecule is CCCCN(Cc1ccc(C)cc1)NC. The lowest BCUT2D eigenvalue weighted by Crippen LogP contribution is -2.35. The van der Waals surface area contributed by atoms with Crippen molar-refractivity contribution in [2.75, 3.05) is 13.6 Å². The number of rotatable bonds is 6. The summed E-state index contributed by atoms with van der Waals surface area (Å²) in [6.07, 6.45) is 2.48. The van der Waals surface area contributed by atoms with E-state index in [0.717, 1.165) is 13.1 Å². The van der Waals surface area contributed by atoms with Crippen LogP contribution in [0.5, 0.6) is 0 Å². The third-order valence-corrected chi connectivity index (χ3v) is 2.59. The van der Waals surface area contributed by atoms with E-state index in [1.54, 1.807) is 0 Å². The van der Waals surface area contributed by atoms with Crippen molar-refractivity contribution in [1.82, 2.24) is 10.4 Å². The molecule has 0 aliphatic heterocycles. The second-order valence-electron chi connectivity index (χ2n) is 3.98. The van der Waals surface area contributed by atoms with Gasteiger partial charge < -0.3 is 0 Å². The van der Waals surface area contributed by atoms with Gasteiger partial charge in [-0.3, -0.25) is 5.43 Å². The van der Waals surface area contributed by atoms with Crippen LogP contribution in [0.1, 0.15) is 30.9 Å². The van der Waals surface area contributed by atoms with Crippen LogP contribution in [-0.2, 0) is 6.54 Å². The quantitative estimate of drug-likeness (QED) is 0.720. The van der Waals surface area contributed by atoms with Crippen LogP contribution in [0.15, 0.2) is 24.3 Å². The minimum atomic E-state index is 0.983. The van der Waals surface area contributed by atoms with Crippen molar-refractivity contribution in [3.8, 4) is 0 Å². The predicted molar refractivity (Wildman–Crippen MR) is 65.6 cm³/mol. The van der Waals surface area contributed by atoms with Gasteiger partial charge in [0.25, 0.3) is 0 Å². The number of hydrazine groups is 1. The second-order valence-corrected chi connectivity index (χ2v) is 3.98. The van der Waals surface area contributed by atoms with E-state index in [2.05, 4.69) is 48.5 Å². The molecule has 1 aromatic rings. The van der Waals surface area contributed by atoms with E-state index in [4.69, 9.17) is 0 Å². The van der Waals surface area contributed by atoms with Gasteiger partial charge in [0.2, 0.25) is 0 Å². The minimum absolute atomic E-state index is 0.983. The Kier molecular flexibility index (Phi) is 5.37. The van der Waals surface area contributed by atoms with Crippen LogP contribution in [0.2, 0.25) is 0 Å². The number of nitrogens with one attached hydrogen (secondary N) is 1. The maximum atomic E-state index is 3.23. The van der Waals surface area contributed by atoms with Gasteiger partial charge in [0, 0.05) is 13.1 Å². The van der Waals surface area contributed by atoms with Crippen molar-refractivity contribution in [2.24, 2.45) is 0 Å². The third-order valence-electron chi connectivity index (χ3n) is 2.59. The molecule has 1 rings (SSSR count). The highest BCUT2D eigenvalue weighted by Gasteiger charge is 2.02. The summed E-state index contributed by atoms with van der Waals surface area (Å²) >= 11 is 0. The molecule has 84 valence electrons. The molecule has 0 radical (unpaired) electrons. The van der Waals surface area contributed by atoms with Crippen molar-refractivity contribution in [3.63, 3.8) is 0 Å². The fraction of sp³-hybridized carbons (Fsp3) is 0.538. The Bertz CT molecular complexity index is 266. The number of nitrogens with zero attached hydrogens (tertiary/aromatic N) is 1. The lowest BCUT2D eigenvalue weighted by atomic mass is 10.1. The van der Waals surface area contributed by atoms with Crippen LogP contribution in [0.4, 0.5) is 0 Å². The molecular weight excluding hydrogens is 184 g/mol. The number of hydrogen-bond acceptors (Lipinski definition) is 2. The maximum absolute atomic E-state index is 3.23. The lowest BCUT2D eigenvalue weighted by Gasteiger charge is -2.20. The van der Waals surface area contributed by atoms with Gasteiger partial charge in [0.05, 0.1) is 0 Å². The van der Waals surface area contributed by atoms with Crippen molar-refractivity contribution < 1.29 is 0 Å². The van der Waals surface area contributed by atoms with E-state index in [1.807, 2.05) is 7.05 Å². The van der Waals surface area contributed by atoms with Gasteiger partial charge in [0.1, 0.15) is 0 Å². The molecule has 2 nitrogen and oxygen atoms in total. The first-order chi connectivity index (χ1) is 7.26. The van der Waals surface area contributed by atoms with Gasteiger partial charge in [-0.1, -0.05) is 43.2 Å². The van der Waals surface area contributed by atoms with Crippen LogP contribution in [0.25, 0.3) is 0 Å². The van der Waals surface area contributed by atoms with Gasteiger partial charge >= 0.3 is 0 Å². The van der Waals surface area contributed by atoms with Gasteiger partial charge in [-0.2, -0.15) is 0 Å². The number of benzene rings is 1. The van der Waals surface area contributed by atoms with Gasteiger partial charge in [-0.05, 0) is 26.0 Å². The monoisotopic (exact) mass is 206 g/mol. The topological polar surface area (TPSA) is 15.3 Å². The fourth-order valence-corrected chi connectivity index (χ4v) is 1.53. The Morgan fingerprint density at radius 3 is 2.40 bits per heavy atom. The van der Waals surface area contributed by atoms with Gasteiger partial charge in [-0.25, -0.2) is 5.01 Å². The minimum Gasteiger partial charge on any atom is -0.258 e.